The molecule has 4 heteroatoms. The van der Waals surface area contributed by atoms with Crippen molar-refractivity contribution in [2.24, 2.45) is 0 Å². The van der Waals surface area contributed by atoms with Crippen LogP contribution in [0.4, 0.5) is 5.69 Å². The minimum Gasteiger partial charge on any atom is -0.497 e. The molecule has 0 fully saturated rings. The summed E-state index contributed by atoms with van der Waals surface area (Å²) >= 11 is 0. The lowest BCUT2D eigenvalue weighted by atomic mass is 9.73. The minimum absolute atomic E-state index is 0.0190. The van der Waals surface area contributed by atoms with Crippen molar-refractivity contribution >= 4 is 11.6 Å². The van der Waals surface area contributed by atoms with E-state index < -0.39 is 0 Å². The second kappa shape index (κ2) is 7.60. The molecule has 1 amide bonds. The molecule has 0 bridgehead atoms. The average molecular weight is 338 g/mol. The monoisotopic (exact) mass is 338 g/mol. The van der Waals surface area contributed by atoms with Gasteiger partial charge in [-0.05, 0) is 66.0 Å². The first-order valence-electron chi connectivity index (χ1n) is 8.84. The van der Waals surface area contributed by atoms with Gasteiger partial charge in [-0.2, -0.15) is 0 Å². The van der Waals surface area contributed by atoms with Crippen molar-refractivity contribution in [1.29, 1.82) is 0 Å². The van der Waals surface area contributed by atoms with Gasteiger partial charge in [-0.25, -0.2) is 0 Å². The van der Waals surface area contributed by atoms with Crippen LogP contribution >= 0.6 is 0 Å². The molecule has 0 aliphatic heterocycles. The highest BCUT2D eigenvalue weighted by atomic mass is 16.5. The molecule has 0 saturated carbocycles. The van der Waals surface area contributed by atoms with Gasteiger partial charge in [0.15, 0.2) is 0 Å². The number of para-hydroxylation sites is 1. The molecule has 1 aliphatic rings. The van der Waals surface area contributed by atoms with Gasteiger partial charge in [0, 0.05) is 19.2 Å². The predicted octanol–water partition coefficient (Wildman–Crippen LogP) is 3.62. The summed E-state index contributed by atoms with van der Waals surface area (Å²) in [4.78, 5) is 11.2. The maximum absolute atomic E-state index is 11.2. The Morgan fingerprint density at radius 1 is 1.24 bits per heavy atom. The van der Waals surface area contributed by atoms with Crippen molar-refractivity contribution in [3.8, 4) is 5.75 Å². The number of hydrogen-bond acceptors (Lipinski definition) is 3. The number of nitrogen functional groups attached to an aromatic ring is 1. The standard InChI is InChI=1S/C21H26N2O2/c1-14(24)23-10-9-16-12-17(19-5-3-4-6-21(19)22)11-15-7-8-18(25-2)13-20(15)16/h3-8,13,16-17H,9-12,22H2,1-2H3,(H,23,24). The van der Waals surface area contributed by atoms with Gasteiger partial charge in [-0.15, -0.1) is 0 Å². The van der Waals surface area contributed by atoms with Gasteiger partial charge < -0.3 is 15.8 Å². The van der Waals surface area contributed by atoms with Crippen LogP contribution in [0.25, 0.3) is 0 Å². The van der Waals surface area contributed by atoms with Crippen molar-refractivity contribution < 1.29 is 9.53 Å². The summed E-state index contributed by atoms with van der Waals surface area (Å²) in [6.45, 7) is 2.25. The van der Waals surface area contributed by atoms with Gasteiger partial charge in [0.1, 0.15) is 5.75 Å². The maximum Gasteiger partial charge on any atom is 0.216 e. The lowest BCUT2D eigenvalue weighted by Crippen LogP contribution is -2.25. The first kappa shape index (κ1) is 17.3. The molecular weight excluding hydrogens is 312 g/mol. The molecular formula is C21H26N2O2. The zero-order valence-electron chi connectivity index (χ0n) is 14.9. The van der Waals surface area contributed by atoms with Crippen molar-refractivity contribution in [1.82, 2.24) is 5.32 Å². The van der Waals surface area contributed by atoms with Crippen LogP contribution in [-0.2, 0) is 11.2 Å². The van der Waals surface area contributed by atoms with Gasteiger partial charge in [-0.3, -0.25) is 4.79 Å². The third-order valence-corrected chi connectivity index (χ3v) is 5.13. The molecule has 2 atom stereocenters. The number of nitrogens with two attached hydrogens (primary N) is 1. The molecule has 0 spiro atoms. The molecule has 0 heterocycles. The number of carbonyl (C=O) groups excluding carboxylic acids is 1. The first-order valence-corrected chi connectivity index (χ1v) is 8.84. The lowest BCUT2D eigenvalue weighted by molar-refractivity contribution is -0.118. The highest BCUT2D eigenvalue weighted by molar-refractivity contribution is 5.72. The Morgan fingerprint density at radius 2 is 2.04 bits per heavy atom. The highest BCUT2D eigenvalue weighted by Crippen LogP contribution is 2.43. The molecule has 2 aromatic rings. The van der Waals surface area contributed by atoms with Crippen LogP contribution < -0.4 is 15.8 Å². The number of methoxy groups -OCH3 is 1. The quantitative estimate of drug-likeness (QED) is 0.819. The number of anilines is 1. The topological polar surface area (TPSA) is 64.3 Å². The SMILES string of the molecule is COc1ccc2c(c1)C(CCNC(C)=O)CC(c1ccccc1N)C2. The molecule has 132 valence electrons. The van der Waals surface area contributed by atoms with Gasteiger partial charge in [0.25, 0.3) is 0 Å². The molecule has 0 saturated heterocycles. The second-order valence-electron chi connectivity index (χ2n) is 6.80. The number of benzene rings is 2. The Balaban J connectivity index is 1.89. The van der Waals surface area contributed by atoms with E-state index in [4.69, 9.17) is 10.5 Å². The van der Waals surface area contributed by atoms with Crippen LogP contribution in [0.3, 0.4) is 0 Å². The summed E-state index contributed by atoms with van der Waals surface area (Å²) in [5.74, 6) is 1.70. The van der Waals surface area contributed by atoms with E-state index in [9.17, 15) is 4.79 Å². The third-order valence-electron chi connectivity index (χ3n) is 5.13. The molecule has 4 nitrogen and oxygen atoms in total. The normalized spacial score (nSPS) is 19.1. The summed E-state index contributed by atoms with van der Waals surface area (Å²) in [6, 6.07) is 14.5. The number of rotatable bonds is 5. The molecule has 2 unspecified atom stereocenters. The summed E-state index contributed by atoms with van der Waals surface area (Å²) in [5.41, 5.74) is 11.0. The number of fused-ring (bicyclic) bond motifs is 1. The van der Waals surface area contributed by atoms with Crippen LogP contribution in [0.5, 0.6) is 5.75 Å². The largest absolute Gasteiger partial charge is 0.497 e. The summed E-state index contributed by atoms with van der Waals surface area (Å²) in [6.07, 6.45) is 2.95. The van der Waals surface area contributed by atoms with E-state index in [0.29, 0.717) is 18.4 Å². The number of ether oxygens (including phenoxy) is 1. The zero-order valence-corrected chi connectivity index (χ0v) is 14.9. The fraction of sp³-hybridized carbons (Fsp3) is 0.381. The number of hydrogen-bond donors (Lipinski definition) is 2. The van der Waals surface area contributed by atoms with Gasteiger partial charge in [-0.1, -0.05) is 24.3 Å². The lowest BCUT2D eigenvalue weighted by Gasteiger charge is -2.33. The van der Waals surface area contributed by atoms with E-state index in [1.54, 1.807) is 14.0 Å². The first-order chi connectivity index (χ1) is 12.1. The van der Waals surface area contributed by atoms with Crippen LogP contribution in [0.2, 0.25) is 0 Å². The summed E-state index contributed by atoms with van der Waals surface area (Å²) in [7, 11) is 1.70. The fourth-order valence-corrected chi connectivity index (χ4v) is 3.90. The Bertz CT molecular complexity index is 757. The molecule has 3 N–H and O–H groups in total. The van der Waals surface area contributed by atoms with Crippen molar-refractivity contribution in [2.75, 3.05) is 19.4 Å². The van der Waals surface area contributed by atoms with E-state index in [-0.39, 0.29) is 5.91 Å². The Hall–Kier alpha value is -2.49. The van der Waals surface area contributed by atoms with E-state index in [1.165, 1.54) is 16.7 Å². The maximum atomic E-state index is 11.2. The van der Waals surface area contributed by atoms with Crippen molar-refractivity contribution in [3.05, 3.63) is 59.2 Å². The molecule has 0 radical (unpaired) electrons. The van der Waals surface area contributed by atoms with Gasteiger partial charge in [0.05, 0.1) is 7.11 Å². The van der Waals surface area contributed by atoms with E-state index >= 15 is 0 Å². The average Bonchev–Trinajstić information content (AvgIpc) is 2.61. The number of carbonyl (C=O) groups is 1. The predicted molar refractivity (Wildman–Crippen MR) is 101 cm³/mol. The van der Waals surface area contributed by atoms with Crippen LogP contribution in [-0.4, -0.2) is 19.6 Å². The molecule has 3 rings (SSSR count). The summed E-state index contributed by atoms with van der Waals surface area (Å²) < 4.78 is 5.41. The Labute approximate surface area is 149 Å². The van der Waals surface area contributed by atoms with Crippen molar-refractivity contribution in [2.45, 2.75) is 38.0 Å². The van der Waals surface area contributed by atoms with Crippen molar-refractivity contribution in [3.63, 3.8) is 0 Å². The summed E-state index contributed by atoms with van der Waals surface area (Å²) in [5, 5.41) is 2.92. The second-order valence-corrected chi connectivity index (χ2v) is 6.80. The smallest absolute Gasteiger partial charge is 0.216 e. The van der Waals surface area contributed by atoms with Gasteiger partial charge in [0.2, 0.25) is 5.91 Å². The fourth-order valence-electron chi connectivity index (χ4n) is 3.90. The van der Waals surface area contributed by atoms with Crippen LogP contribution in [0, 0.1) is 0 Å². The van der Waals surface area contributed by atoms with Crippen LogP contribution in [0.15, 0.2) is 42.5 Å². The molecule has 0 aromatic heterocycles. The van der Waals surface area contributed by atoms with E-state index in [1.807, 2.05) is 18.2 Å². The zero-order chi connectivity index (χ0) is 17.8. The molecule has 1 aliphatic carbocycles. The van der Waals surface area contributed by atoms with Gasteiger partial charge >= 0.3 is 0 Å². The minimum atomic E-state index is 0.0190. The Morgan fingerprint density at radius 3 is 2.76 bits per heavy atom. The number of amides is 1. The Kier molecular flexibility index (Phi) is 5.27. The molecule has 25 heavy (non-hydrogen) atoms. The number of nitrogens with one attached hydrogen (secondary N) is 1. The van der Waals surface area contributed by atoms with Crippen LogP contribution in [0.1, 0.15) is 48.3 Å². The van der Waals surface area contributed by atoms with E-state index in [0.717, 1.165) is 30.7 Å². The highest BCUT2D eigenvalue weighted by Gasteiger charge is 2.29. The van der Waals surface area contributed by atoms with E-state index in [2.05, 4.69) is 29.6 Å². The third kappa shape index (κ3) is 3.95. The molecule has 2 aromatic carbocycles.